The second-order valence-electron chi connectivity index (χ2n) is 11.6. The Kier molecular flexibility index (Phi) is 13.8. The molecule has 0 saturated heterocycles. The Morgan fingerprint density at radius 1 is 0.929 bits per heavy atom. The van der Waals surface area contributed by atoms with Crippen LogP contribution in [0.15, 0.2) is 42.5 Å². The van der Waals surface area contributed by atoms with Gasteiger partial charge in [0.05, 0.1) is 13.7 Å². The lowest BCUT2D eigenvalue weighted by molar-refractivity contribution is -0.141. The lowest BCUT2D eigenvalue weighted by Crippen LogP contribution is -2.54. The first-order valence-electron chi connectivity index (χ1n) is 14.8. The highest BCUT2D eigenvalue weighted by Crippen LogP contribution is 2.27. The minimum atomic E-state index is -1.29. The van der Waals surface area contributed by atoms with Crippen molar-refractivity contribution < 1.29 is 29.0 Å². The number of unbranched alkanes of at least 4 members (excludes halogenated alkanes) is 5. The molecule has 0 aliphatic carbocycles. The molecule has 0 aromatic heterocycles. The van der Waals surface area contributed by atoms with Crippen molar-refractivity contribution in [3.05, 3.63) is 59.2 Å². The molecular formula is C33H49N3O6. The molecule has 2 aromatic carbocycles. The van der Waals surface area contributed by atoms with Crippen molar-refractivity contribution >= 4 is 23.6 Å². The number of amides is 3. The van der Waals surface area contributed by atoms with Crippen LogP contribution in [0.4, 0.5) is 10.5 Å². The van der Waals surface area contributed by atoms with Gasteiger partial charge in [-0.1, -0.05) is 57.2 Å². The number of nitrogens with one attached hydrogen (secondary N) is 2. The van der Waals surface area contributed by atoms with Gasteiger partial charge >= 0.3 is 6.09 Å². The van der Waals surface area contributed by atoms with Gasteiger partial charge in [0.1, 0.15) is 23.4 Å². The van der Waals surface area contributed by atoms with E-state index in [4.69, 9.17) is 9.47 Å². The molecule has 0 saturated carbocycles. The smallest absolute Gasteiger partial charge is 0.408 e. The van der Waals surface area contributed by atoms with Gasteiger partial charge < -0.3 is 30.1 Å². The first-order chi connectivity index (χ1) is 19.9. The number of hydrogen-bond acceptors (Lipinski definition) is 6. The number of aryl methyl sites for hydroxylation is 2. The summed E-state index contributed by atoms with van der Waals surface area (Å²) >= 11 is 0. The number of carbonyl (C=O) groups is 3. The third kappa shape index (κ3) is 11.0. The zero-order valence-corrected chi connectivity index (χ0v) is 26.3. The van der Waals surface area contributed by atoms with Crippen LogP contribution < -0.4 is 15.4 Å². The number of aliphatic hydroxyl groups is 1. The van der Waals surface area contributed by atoms with Crippen molar-refractivity contribution in [3.8, 4) is 5.75 Å². The Hall–Kier alpha value is -3.59. The van der Waals surface area contributed by atoms with Crippen LogP contribution >= 0.6 is 0 Å². The minimum Gasteiger partial charge on any atom is -0.497 e. The standard InChI is InChI=1S/C33H49N3O6/c1-8-9-10-11-12-13-20-36(31(39)28(22-37)35-32(40)42-33(4,5)6)29(25-15-14-23(2)24(3)21-25)30(38)34-26-16-18-27(41-7)19-17-26/h14-19,21,28-29,37H,8-13,20,22H2,1-7H3,(H,34,38)(H,35,40). The molecule has 0 aliphatic heterocycles. The van der Waals surface area contributed by atoms with E-state index >= 15 is 0 Å². The average molecular weight is 584 g/mol. The zero-order chi connectivity index (χ0) is 31.3. The maximum Gasteiger partial charge on any atom is 0.408 e. The van der Waals surface area contributed by atoms with E-state index in [0.29, 0.717) is 23.4 Å². The lowest BCUT2D eigenvalue weighted by Gasteiger charge is -2.34. The van der Waals surface area contributed by atoms with Gasteiger partial charge in [-0.2, -0.15) is 0 Å². The highest BCUT2D eigenvalue weighted by atomic mass is 16.6. The minimum absolute atomic E-state index is 0.269. The fraction of sp³-hybridized carbons (Fsp3) is 0.545. The summed E-state index contributed by atoms with van der Waals surface area (Å²) < 4.78 is 10.6. The molecule has 9 heteroatoms. The van der Waals surface area contributed by atoms with Gasteiger partial charge in [-0.3, -0.25) is 9.59 Å². The first kappa shape index (κ1) is 34.6. The molecule has 0 bridgehead atoms. The number of rotatable bonds is 15. The number of carbonyl (C=O) groups excluding carboxylic acids is 3. The van der Waals surface area contributed by atoms with E-state index < -0.39 is 42.2 Å². The van der Waals surface area contributed by atoms with E-state index in [0.717, 1.165) is 43.2 Å². The second-order valence-corrected chi connectivity index (χ2v) is 11.6. The van der Waals surface area contributed by atoms with Crippen molar-refractivity contribution in [2.45, 2.75) is 97.8 Å². The maximum absolute atomic E-state index is 14.0. The van der Waals surface area contributed by atoms with Gasteiger partial charge in [-0.25, -0.2) is 4.79 Å². The summed E-state index contributed by atoms with van der Waals surface area (Å²) in [6.07, 6.45) is 5.11. The van der Waals surface area contributed by atoms with Crippen molar-refractivity contribution in [3.63, 3.8) is 0 Å². The fourth-order valence-corrected chi connectivity index (χ4v) is 4.56. The van der Waals surface area contributed by atoms with Crippen LogP contribution in [0.25, 0.3) is 0 Å². The Balaban J connectivity index is 2.47. The highest BCUT2D eigenvalue weighted by molar-refractivity contribution is 5.99. The van der Waals surface area contributed by atoms with Crippen LogP contribution in [0.2, 0.25) is 0 Å². The zero-order valence-electron chi connectivity index (χ0n) is 26.3. The van der Waals surface area contributed by atoms with Crippen LogP contribution in [0, 0.1) is 13.8 Å². The average Bonchev–Trinajstić information content (AvgIpc) is 2.93. The van der Waals surface area contributed by atoms with Crippen molar-refractivity contribution in [1.82, 2.24) is 10.2 Å². The van der Waals surface area contributed by atoms with Gasteiger partial charge in [0.25, 0.3) is 5.91 Å². The van der Waals surface area contributed by atoms with Crippen LogP contribution in [0.5, 0.6) is 5.75 Å². The summed E-state index contributed by atoms with van der Waals surface area (Å²) in [5.74, 6) is -0.320. The predicted molar refractivity (Wildman–Crippen MR) is 166 cm³/mol. The molecular weight excluding hydrogens is 534 g/mol. The summed E-state index contributed by atoms with van der Waals surface area (Å²) in [4.78, 5) is 42.1. The molecule has 2 unspecified atom stereocenters. The third-order valence-corrected chi connectivity index (χ3v) is 6.97. The van der Waals surface area contributed by atoms with Crippen molar-refractivity contribution in [2.75, 3.05) is 25.6 Å². The Labute approximate surface area is 251 Å². The monoisotopic (exact) mass is 583 g/mol. The second kappa shape index (κ2) is 16.8. The van der Waals surface area contributed by atoms with Crippen LogP contribution in [-0.4, -0.2) is 59.8 Å². The molecule has 2 atom stereocenters. The van der Waals surface area contributed by atoms with Crippen LogP contribution in [0.1, 0.15) is 89.0 Å². The first-order valence-corrected chi connectivity index (χ1v) is 14.8. The summed E-state index contributed by atoms with van der Waals surface area (Å²) in [7, 11) is 1.57. The number of nitrogens with zero attached hydrogens (tertiary/aromatic N) is 1. The van der Waals surface area contributed by atoms with Gasteiger partial charge in [0, 0.05) is 12.2 Å². The molecule has 3 amide bonds. The van der Waals surface area contributed by atoms with Gasteiger partial charge in [0.2, 0.25) is 5.91 Å². The SMILES string of the molecule is CCCCCCCCN(C(=O)C(CO)NC(=O)OC(C)(C)C)C(C(=O)Nc1ccc(OC)cc1)c1ccc(C)c(C)c1. The largest absolute Gasteiger partial charge is 0.497 e. The number of benzene rings is 2. The van der Waals surface area contributed by atoms with Crippen molar-refractivity contribution in [2.24, 2.45) is 0 Å². The highest BCUT2D eigenvalue weighted by Gasteiger charge is 2.36. The number of alkyl carbamates (subject to hydrolysis) is 1. The lowest BCUT2D eigenvalue weighted by atomic mass is 9.98. The number of ether oxygens (including phenoxy) is 2. The summed E-state index contributed by atoms with van der Waals surface area (Å²) in [6, 6.07) is 10.3. The van der Waals surface area contributed by atoms with Gasteiger partial charge in [-0.15, -0.1) is 0 Å². The normalized spacial score (nSPS) is 12.7. The quantitative estimate of drug-likeness (QED) is 0.219. The molecule has 0 heterocycles. The molecule has 0 spiro atoms. The Morgan fingerprint density at radius 3 is 2.14 bits per heavy atom. The molecule has 3 N–H and O–H groups in total. The number of aliphatic hydroxyl groups excluding tert-OH is 1. The van der Waals surface area contributed by atoms with Crippen molar-refractivity contribution in [1.29, 1.82) is 0 Å². The number of hydrogen-bond donors (Lipinski definition) is 3. The van der Waals surface area contributed by atoms with E-state index in [1.54, 1.807) is 52.1 Å². The van der Waals surface area contributed by atoms with E-state index in [1.165, 1.54) is 4.90 Å². The third-order valence-electron chi connectivity index (χ3n) is 6.97. The van der Waals surface area contributed by atoms with Crippen LogP contribution in [-0.2, 0) is 14.3 Å². The Bertz CT molecular complexity index is 1160. The summed E-state index contributed by atoms with van der Waals surface area (Å²) in [5, 5.41) is 15.6. The number of methoxy groups -OCH3 is 1. The van der Waals surface area contributed by atoms with Gasteiger partial charge in [-0.05, 0) is 82.0 Å². The molecule has 9 nitrogen and oxygen atoms in total. The van der Waals surface area contributed by atoms with E-state index in [9.17, 15) is 19.5 Å². The topological polar surface area (TPSA) is 117 Å². The molecule has 0 aliphatic rings. The van der Waals surface area contributed by atoms with Crippen LogP contribution in [0.3, 0.4) is 0 Å². The molecule has 0 fully saturated rings. The molecule has 2 rings (SSSR count). The molecule has 2 aromatic rings. The fourth-order valence-electron chi connectivity index (χ4n) is 4.56. The van der Waals surface area contributed by atoms with E-state index in [-0.39, 0.29) is 6.54 Å². The summed E-state index contributed by atoms with van der Waals surface area (Å²) in [5.41, 5.74) is 2.43. The van der Waals surface area contributed by atoms with Gasteiger partial charge in [0.15, 0.2) is 0 Å². The van der Waals surface area contributed by atoms with E-state index in [2.05, 4.69) is 17.6 Å². The maximum atomic E-state index is 14.0. The number of anilines is 1. The molecule has 0 radical (unpaired) electrons. The molecule has 232 valence electrons. The predicted octanol–water partition coefficient (Wildman–Crippen LogP) is 6.07. The Morgan fingerprint density at radius 2 is 1.57 bits per heavy atom. The molecule has 42 heavy (non-hydrogen) atoms. The van der Waals surface area contributed by atoms with E-state index in [1.807, 2.05) is 32.0 Å². The summed E-state index contributed by atoms with van der Waals surface area (Å²) in [6.45, 7) is 10.9.